The highest BCUT2D eigenvalue weighted by atomic mass is 19.1. The number of nitrogen functional groups attached to an aromatic ring is 1. The normalized spacial score (nSPS) is 15.0. The van der Waals surface area contributed by atoms with Crippen LogP contribution in [0.15, 0.2) is 24.5 Å². The number of rotatable bonds is 7. The molecule has 26 heavy (non-hydrogen) atoms. The van der Waals surface area contributed by atoms with Gasteiger partial charge in [0, 0.05) is 25.7 Å². The summed E-state index contributed by atoms with van der Waals surface area (Å²) in [6, 6.07) is 3.25. The van der Waals surface area contributed by atoms with E-state index in [4.69, 9.17) is 10.5 Å². The average Bonchev–Trinajstić information content (AvgIpc) is 2.64. The summed E-state index contributed by atoms with van der Waals surface area (Å²) < 4.78 is 32.1. The van der Waals surface area contributed by atoms with Crippen LogP contribution in [-0.4, -0.2) is 54.3 Å². The van der Waals surface area contributed by atoms with Gasteiger partial charge in [-0.3, -0.25) is 4.90 Å². The summed E-state index contributed by atoms with van der Waals surface area (Å²) in [5.74, 6) is -0.623. The van der Waals surface area contributed by atoms with Crippen LogP contribution in [0.5, 0.6) is 0 Å². The van der Waals surface area contributed by atoms with Crippen molar-refractivity contribution >= 4 is 23.0 Å². The third-order valence-electron chi connectivity index (χ3n) is 4.12. The molecule has 9 heteroatoms. The quantitative estimate of drug-likeness (QED) is 0.649. The van der Waals surface area contributed by atoms with Crippen molar-refractivity contribution in [2.45, 2.75) is 6.42 Å². The number of ether oxygens (including phenoxy) is 1. The number of halogens is 2. The number of nitrogens with one attached hydrogen (secondary N) is 2. The van der Waals surface area contributed by atoms with Gasteiger partial charge in [0.15, 0.2) is 11.6 Å². The molecule has 4 N–H and O–H groups in total. The van der Waals surface area contributed by atoms with Gasteiger partial charge in [-0.2, -0.15) is 0 Å². The van der Waals surface area contributed by atoms with Crippen LogP contribution < -0.4 is 16.4 Å². The van der Waals surface area contributed by atoms with Crippen LogP contribution in [0.25, 0.3) is 0 Å². The lowest BCUT2D eigenvalue weighted by atomic mass is 10.3. The summed E-state index contributed by atoms with van der Waals surface area (Å²) >= 11 is 0. The molecule has 3 rings (SSSR count). The summed E-state index contributed by atoms with van der Waals surface area (Å²) in [7, 11) is 0. The Kier molecular flexibility index (Phi) is 6.13. The molecule has 2 aromatic rings. The molecule has 0 bridgehead atoms. The molecule has 1 aliphatic heterocycles. The van der Waals surface area contributed by atoms with Crippen LogP contribution in [0.2, 0.25) is 0 Å². The van der Waals surface area contributed by atoms with E-state index in [9.17, 15) is 8.78 Å². The fourth-order valence-electron chi connectivity index (χ4n) is 2.69. The Morgan fingerprint density at radius 2 is 1.92 bits per heavy atom. The van der Waals surface area contributed by atoms with Crippen molar-refractivity contribution in [1.29, 1.82) is 0 Å². The van der Waals surface area contributed by atoms with Gasteiger partial charge in [0.25, 0.3) is 0 Å². The average molecular weight is 364 g/mol. The minimum Gasteiger partial charge on any atom is -0.393 e. The molecule has 0 spiro atoms. The third-order valence-corrected chi connectivity index (χ3v) is 4.12. The minimum absolute atomic E-state index is 0.0927. The maximum Gasteiger partial charge on any atom is 0.159 e. The second kappa shape index (κ2) is 8.72. The molecule has 1 fully saturated rings. The van der Waals surface area contributed by atoms with Gasteiger partial charge < -0.3 is 21.1 Å². The first-order chi connectivity index (χ1) is 12.6. The Balaban J connectivity index is 1.56. The molecular weight excluding hydrogens is 342 g/mol. The smallest absolute Gasteiger partial charge is 0.159 e. The van der Waals surface area contributed by atoms with Gasteiger partial charge in [-0.15, -0.1) is 0 Å². The lowest BCUT2D eigenvalue weighted by Crippen LogP contribution is -2.37. The van der Waals surface area contributed by atoms with E-state index in [-0.39, 0.29) is 17.2 Å². The number of hydrogen-bond donors (Lipinski definition) is 3. The molecule has 0 unspecified atom stereocenters. The Labute approximate surface area is 150 Å². The Bertz CT molecular complexity index is 739. The first kappa shape index (κ1) is 18.3. The number of aromatic nitrogens is 2. The van der Waals surface area contributed by atoms with Crippen LogP contribution in [0.3, 0.4) is 0 Å². The third kappa shape index (κ3) is 4.77. The van der Waals surface area contributed by atoms with Crippen LogP contribution in [-0.2, 0) is 4.74 Å². The van der Waals surface area contributed by atoms with Crippen molar-refractivity contribution < 1.29 is 13.5 Å². The first-order valence-corrected chi connectivity index (χ1v) is 8.50. The van der Waals surface area contributed by atoms with Crippen LogP contribution >= 0.6 is 0 Å². The van der Waals surface area contributed by atoms with E-state index in [1.54, 1.807) is 0 Å². The molecule has 1 aliphatic rings. The Morgan fingerprint density at radius 3 is 2.69 bits per heavy atom. The van der Waals surface area contributed by atoms with E-state index >= 15 is 0 Å². The number of benzene rings is 1. The predicted octanol–water partition coefficient (Wildman–Crippen LogP) is 2.21. The summed E-state index contributed by atoms with van der Waals surface area (Å²) in [6.07, 6.45) is 2.27. The second-order valence-corrected chi connectivity index (χ2v) is 5.97. The standard InChI is InChI=1S/C17H22F2N6O/c18-12-2-3-14(13(19)10-12)24-17-15(20)16(22-11-23-17)21-4-1-5-25-6-8-26-9-7-25/h2-3,10-11H,1,4-9,20H2,(H2,21,22,23,24). The van der Waals surface area contributed by atoms with Crippen LogP contribution in [0.1, 0.15) is 6.42 Å². The van der Waals surface area contributed by atoms with E-state index < -0.39 is 11.6 Å². The lowest BCUT2D eigenvalue weighted by molar-refractivity contribution is 0.0378. The zero-order valence-corrected chi connectivity index (χ0v) is 14.3. The van der Waals surface area contributed by atoms with Gasteiger partial charge in [0.1, 0.15) is 23.6 Å². The predicted molar refractivity (Wildman–Crippen MR) is 96.5 cm³/mol. The molecule has 0 amide bonds. The van der Waals surface area contributed by atoms with Gasteiger partial charge >= 0.3 is 0 Å². The highest BCUT2D eigenvalue weighted by Gasteiger charge is 2.12. The Morgan fingerprint density at radius 1 is 1.15 bits per heavy atom. The Hall–Kier alpha value is -2.52. The minimum atomic E-state index is -0.719. The topological polar surface area (TPSA) is 88.3 Å². The highest BCUT2D eigenvalue weighted by Crippen LogP contribution is 2.27. The van der Waals surface area contributed by atoms with Crippen LogP contribution in [0, 0.1) is 11.6 Å². The fourth-order valence-corrected chi connectivity index (χ4v) is 2.69. The molecule has 7 nitrogen and oxygen atoms in total. The molecule has 0 radical (unpaired) electrons. The first-order valence-electron chi connectivity index (χ1n) is 8.50. The number of nitrogens with two attached hydrogens (primary N) is 1. The summed E-state index contributed by atoms with van der Waals surface area (Å²) in [6.45, 7) is 5.12. The summed E-state index contributed by atoms with van der Waals surface area (Å²) in [5, 5.41) is 5.94. The van der Waals surface area contributed by atoms with E-state index in [0.29, 0.717) is 12.4 Å². The largest absolute Gasteiger partial charge is 0.393 e. The van der Waals surface area contributed by atoms with Crippen molar-refractivity contribution in [3.05, 3.63) is 36.2 Å². The van der Waals surface area contributed by atoms with Gasteiger partial charge in [-0.05, 0) is 25.1 Å². The molecule has 1 saturated heterocycles. The molecular formula is C17H22F2N6O. The van der Waals surface area contributed by atoms with Crippen molar-refractivity contribution in [2.24, 2.45) is 0 Å². The van der Waals surface area contributed by atoms with Gasteiger partial charge in [-0.1, -0.05) is 0 Å². The zero-order chi connectivity index (χ0) is 18.4. The van der Waals surface area contributed by atoms with E-state index in [0.717, 1.165) is 51.4 Å². The summed E-state index contributed by atoms with van der Waals surface area (Å²) in [4.78, 5) is 10.5. The number of anilines is 4. The summed E-state index contributed by atoms with van der Waals surface area (Å²) in [5.41, 5.74) is 6.44. The van der Waals surface area contributed by atoms with Crippen molar-refractivity contribution in [2.75, 3.05) is 55.8 Å². The van der Waals surface area contributed by atoms with Gasteiger partial charge in [-0.25, -0.2) is 18.7 Å². The maximum atomic E-state index is 13.8. The SMILES string of the molecule is Nc1c(NCCCN2CCOCC2)ncnc1Nc1ccc(F)cc1F. The molecule has 1 aromatic carbocycles. The van der Waals surface area contributed by atoms with Crippen molar-refractivity contribution in [3.8, 4) is 0 Å². The van der Waals surface area contributed by atoms with Gasteiger partial charge in [0.05, 0.1) is 18.9 Å². The van der Waals surface area contributed by atoms with Crippen LogP contribution in [0.4, 0.5) is 31.8 Å². The number of hydrogen-bond acceptors (Lipinski definition) is 7. The highest BCUT2D eigenvalue weighted by molar-refractivity contribution is 5.77. The molecule has 0 atom stereocenters. The number of nitrogens with zero attached hydrogens (tertiary/aromatic N) is 3. The number of morpholine rings is 1. The fraction of sp³-hybridized carbons (Fsp3) is 0.412. The van der Waals surface area contributed by atoms with Crippen molar-refractivity contribution in [3.63, 3.8) is 0 Å². The second-order valence-electron chi connectivity index (χ2n) is 5.97. The lowest BCUT2D eigenvalue weighted by Gasteiger charge is -2.26. The van der Waals surface area contributed by atoms with E-state index in [1.165, 1.54) is 12.4 Å². The molecule has 2 heterocycles. The maximum absolute atomic E-state index is 13.8. The zero-order valence-electron chi connectivity index (χ0n) is 14.3. The molecule has 1 aromatic heterocycles. The molecule has 0 aliphatic carbocycles. The van der Waals surface area contributed by atoms with Gasteiger partial charge in [0.2, 0.25) is 0 Å². The monoisotopic (exact) mass is 364 g/mol. The van der Waals surface area contributed by atoms with E-state index in [1.807, 2.05) is 0 Å². The molecule has 140 valence electrons. The van der Waals surface area contributed by atoms with Crippen molar-refractivity contribution in [1.82, 2.24) is 14.9 Å². The van der Waals surface area contributed by atoms with E-state index in [2.05, 4.69) is 25.5 Å². The molecule has 0 saturated carbocycles.